The first-order valence-corrected chi connectivity index (χ1v) is 6.20. The number of rotatable bonds is 2. The molecule has 1 saturated heterocycles. The molecule has 2 unspecified atom stereocenters. The highest BCUT2D eigenvalue weighted by molar-refractivity contribution is 9.11. The molecule has 2 atom stereocenters. The highest BCUT2D eigenvalue weighted by atomic mass is 79.9. The SMILES string of the molecule is CC(O)C1CCN(c2nnc(Br)s2)C1. The van der Waals surface area contributed by atoms with E-state index >= 15 is 0 Å². The monoisotopic (exact) mass is 277 g/mol. The van der Waals surface area contributed by atoms with Crippen LogP contribution >= 0.6 is 27.3 Å². The second-order valence-corrected chi connectivity index (χ2v) is 5.80. The molecular formula is C8H12BrN3OS. The summed E-state index contributed by atoms with van der Waals surface area (Å²) in [6, 6.07) is 0. The summed E-state index contributed by atoms with van der Waals surface area (Å²) in [4.78, 5) is 2.18. The second-order valence-electron chi connectivity index (χ2n) is 3.57. The van der Waals surface area contributed by atoms with Crippen LogP contribution in [0.25, 0.3) is 0 Å². The summed E-state index contributed by atoms with van der Waals surface area (Å²) in [5, 5.41) is 18.4. The van der Waals surface area contributed by atoms with Crippen LogP contribution in [-0.4, -0.2) is 34.5 Å². The van der Waals surface area contributed by atoms with Crippen molar-refractivity contribution in [3.63, 3.8) is 0 Å². The van der Waals surface area contributed by atoms with Crippen LogP contribution in [0.5, 0.6) is 0 Å². The zero-order valence-electron chi connectivity index (χ0n) is 7.85. The summed E-state index contributed by atoms with van der Waals surface area (Å²) in [6.45, 7) is 3.71. The van der Waals surface area contributed by atoms with Crippen molar-refractivity contribution in [2.24, 2.45) is 5.92 Å². The molecule has 2 heterocycles. The first-order chi connectivity index (χ1) is 6.66. The standard InChI is InChI=1S/C8H12BrN3OS/c1-5(13)6-2-3-12(4-6)8-11-10-7(9)14-8/h5-6,13H,2-4H2,1H3. The number of aliphatic hydroxyl groups excluding tert-OH is 1. The topological polar surface area (TPSA) is 49.2 Å². The minimum atomic E-state index is -0.226. The minimum Gasteiger partial charge on any atom is -0.393 e. The molecule has 0 bridgehead atoms. The molecule has 1 aliphatic rings. The molecule has 0 aliphatic carbocycles. The lowest BCUT2D eigenvalue weighted by Crippen LogP contribution is -2.23. The minimum absolute atomic E-state index is 0.226. The van der Waals surface area contributed by atoms with Gasteiger partial charge in [0.25, 0.3) is 0 Å². The molecule has 14 heavy (non-hydrogen) atoms. The fourth-order valence-electron chi connectivity index (χ4n) is 1.68. The normalized spacial score (nSPS) is 24.2. The third-order valence-corrected chi connectivity index (χ3v) is 3.98. The largest absolute Gasteiger partial charge is 0.393 e. The number of anilines is 1. The Bertz CT molecular complexity index is 317. The maximum Gasteiger partial charge on any atom is 0.209 e. The maximum atomic E-state index is 9.45. The zero-order valence-corrected chi connectivity index (χ0v) is 10.3. The first-order valence-electron chi connectivity index (χ1n) is 4.59. The Kier molecular flexibility index (Phi) is 3.04. The molecular weight excluding hydrogens is 266 g/mol. The van der Waals surface area contributed by atoms with Gasteiger partial charge in [-0.15, -0.1) is 10.2 Å². The van der Waals surface area contributed by atoms with E-state index in [2.05, 4.69) is 31.0 Å². The van der Waals surface area contributed by atoms with E-state index in [1.165, 1.54) is 11.3 Å². The Morgan fingerprint density at radius 2 is 2.43 bits per heavy atom. The van der Waals surface area contributed by atoms with Gasteiger partial charge < -0.3 is 10.0 Å². The summed E-state index contributed by atoms with van der Waals surface area (Å²) in [5.41, 5.74) is 0. The van der Waals surface area contributed by atoms with E-state index in [4.69, 9.17) is 0 Å². The third-order valence-electron chi connectivity index (χ3n) is 2.57. The van der Waals surface area contributed by atoms with Gasteiger partial charge >= 0.3 is 0 Å². The number of hydrogen-bond donors (Lipinski definition) is 1. The van der Waals surface area contributed by atoms with Gasteiger partial charge in [-0.2, -0.15) is 0 Å². The molecule has 0 saturated carbocycles. The molecule has 1 aliphatic heterocycles. The van der Waals surface area contributed by atoms with Crippen LogP contribution in [0.1, 0.15) is 13.3 Å². The van der Waals surface area contributed by atoms with Crippen molar-refractivity contribution in [3.8, 4) is 0 Å². The van der Waals surface area contributed by atoms with Crippen molar-refractivity contribution in [3.05, 3.63) is 3.92 Å². The summed E-state index contributed by atoms with van der Waals surface area (Å²) < 4.78 is 0.813. The van der Waals surface area contributed by atoms with Crippen molar-refractivity contribution < 1.29 is 5.11 Å². The lowest BCUT2D eigenvalue weighted by Gasteiger charge is -2.15. The number of hydrogen-bond acceptors (Lipinski definition) is 5. The van der Waals surface area contributed by atoms with Crippen LogP contribution in [0.3, 0.4) is 0 Å². The van der Waals surface area contributed by atoms with Crippen LogP contribution in [0.4, 0.5) is 5.13 Å². The van der Waals surface area contributed by atoms with Gasteiger partial charge in [0.05, 0.1) is 6.10 Å². The maximum absolute atomic E-state index is 9.45. The molecule has 1 fully saturated rings. The molecule has 0 spiro atoms. The Hall–Kier alpha value is -0.200. The summed E-state index contributed by atoms with van der Waals surface area (Å²) in [5.74, 6) is 0.373. The number of aromatic nitrogens is 2. The third kappa shape index (κ3) is 2.07. The Balaban J connectivity index is 2.02. The second kappa shape index (κ2) is 4.12. The smallest absolute Gasteiger partial charge is 0.209 e. The highest BCUT2D eigenvalue weighted by Crippen LogP contribution is 2.29. The average molecular weight is 278 g/mol. The first kappa shape index (κ1) is 10.3. The summed E-state index contributed by atoms with van der Waals surface area (Å²) in [7, 11) is 0. The molecule has 2 rings (SSSR count). The lowest BCUT2D eigenvalue weighted by atomic mass is 10.0. The molecule has 6 heteroatoms. The van der Waals surface area contributed by atoms with Crippen molar-refractivity contribution >= 4 is 32.4 Å². The number of halogens is 1. The highest BCUT2D eigenvalue weighted by Gasteiger charge is 2.27. The van der Waals surface area contributed by atoms with Crippen molar-refractivity contribution in [1.29, 1.82) is 0 Å². The molecule has 0 amide bonds. The average Bonchev–Trinajstić information content (AvgIpc) is 2.70. The zero-order chi connectivity index (χ0) is 10.1. The van der Waals surface area contributed by atoms with E-state index in [0.29, 0.717) is 5.92 Å². The predicted molar refractivity (Wildman–Crippen MR) is 59.6 cm³/mol. The van der Waals surface area contributed by atoms with E-state index < -0.39 is 0 Å². The number of nitrogens with zero attached hydrogens (tertiary/aromatic N) is 3. The van der Waals surface area contributed by atoms with Crippen LogP contribution in [0.2, 0.25) is 0 Å². The summed E-state index contributed by atoms with van der Waals surface area (Å²) >= 11 is 4.83. The van der Waals surface area contributed by atoms with Gasteiger partial charge in [0.15, 0.2) is 3.92 Å². The van der Waals surface area contributed by atoms with Gasteiger partial charge in [-0.25, -0.2) is 0 Å². The summed E-state index contributed by atoms with van der Waals surface area (Å²) in [6.07, 6.45) is 0.811. The molecule has 78 valence electrons. The predicted octanol–water partition coefficient (Wildman–Crippen LogP) is 1.51. The molecule has 0 radical (unpaired) electrons. The van der Waals surface area contributed by atoms with E-state index in [9.17, 15) is 5.11 Å². The Morgan fingerprint density at radius 1 is 1.64 bits per heavy atom. The van der Waals surface area contributed by atoms with E-state index in [-0.39, 0.29) is 6.10 Å². The molecule has 1 N–H and O–H groups in total. The quantitative estimate of drug-likeness (QED) is 0.891. The Morgan fingerprint density at radius 3 is 2.93 bits per heavy atom. The molecule has 1 aromatic heterocycles. The fraction of sp³-hybridized carbons (Fsp3) is 0.750. The van der Waals surface area contributed by atoms with Gasteiger partial charge in [-0.3, -0.25) is 0 Å². The van der Waals surface area contributed by atoms with E-state index in [1.54, 1.807) is 0 Å². The van der Waals surface area contributed by atoms with Crippen LogP contribution in [0, 0.1) is 5.92 Å². The van der Waals surface area contributed by atoms with E-state index in [0.717, 1.165) is 28.6 Å². The van der Waals surface area contributed by atoms with Crippen LogP contribution in [0.15, 0.2) is 3.92 Å². The van der Waals surface area contributed by atoms with Gasteiger partial charge in [0.1, 0.15) is 0 Å². The van der Waals surface area contributed by atoms with Crippen LogP contribution in [-0.2, 0) is 0 Å². The van der Waals surface area contributed by atoms with Gasteiger partial charge in [-0.05, 0) is 29.3 Å². The number of aliphatic hydroxyl groups is 1. The van der Waals surface area contributed by atoms with Crippen molar-refractivity contribution in [2.75, 3.05) is 18.0 Å². The Labute approximate surface area is 95.1 Å². The molecule has 0 aromatic carbocycles. The van der Waals surface area contributed by atoms with Crippen molar-refractivity contribution in [2.45, 2.75) is 19.4 Å². The fourth-order valence-corrected chi connectivity index (χ4v) is 2.80. The molecule has 4 nitrogen and oxygen atoms in total. The van der Waals surface area contributed by atoms with Crippen LogP contribution < -0.4 is 4.90 Å². The van der Waals surface area contributed by atoms with Gasteiger partial charge in [-0.1, -0.05) is 11.3 Å². The van der Waals surface area contributed by atoms with E-state index in [1.807, 2.05) is 6.92 Å². The van der Waals surface area contributed by atoms with Gasteiger partial charge in [0.2, 0.25) is 5.13 Å². The molecule has 1 aromatic rings. The van der Waals surface area contributed by atoms with Gasteiger partial charge in [0, 0.05) is 19.0 Å². The van der Waals surface area contributed by atoms with Crippen molar-refractivity contribution in [1.82, 2.24) is 10.2 Å². The lowest BCUT2D eigenvalue weighted by molar-refractivity contribution is 0.136.